The fourth-order valence-electron chi connectivity index (χ4n) is 3.64. The van der Waals surface area contributed by atoms with Crippen LogP contribution in [0.5, 0.6) is 0 Å². The third-order valence-electron chi connectivity index (χ3n) is 5.00. The van der Waals surface area contributed by atoms with E-state index in [-0.39, 0.29) is 12.1 Å². The van der Waals surface area contributed by atoms with E-state index in [0.717, 1.165) is 17.9 Å². The normalized spacial score (nSPS) is 26.1. The van der Waals surface area contributed by atoms with Crippen molar-refractivity contribution < 1.29 is 0 Å². The Balaban J connectivity index is 1.76. The van der Waals surface area contributed by atoms with Crippen molar-refractivity contribution in [2.24, 2.45) is 4.99 Å². The molecule has 1 saturated heterocycles. The highest BCUT2D eigenvalue weighted by atomic mass is 32.2. The van der Waals surface area contributed by atoms with Crippen molar-refractivity contribution in [3.05, 3.63) is 54.1 Å². The predicted molar refractivity (Wildman–Crippen MR) is 100 cm³/mol. The molecule has 3 atom stereocenters. The Labute approximate surface area is 148 Å². The van der Waals surface area contributed by atoms with Crippen LogP contribution in [-0.2, 0) is 0 Å². The number of pyridine rings is 1. The maximum Gasteiger partial charge on any atom is 0.160 e. The lowest BCUT2D eigenvalue weighted by Gasteiger charge is -2.31. The van der Waals surface area contributed by atoms with Crippen LogP contribution in [0.1, 0.15) is 56.6 Å². The number of thioether (sulfide) groups is 1. The first-order valence-electron chi connectivity index (χ1n) is 8.76. The Morgan fingerprint density at radius 3 is 2.83 bits per heavy atom. The second-order valence-corrected chi connectivity index (χ2v) is 7.81. The molecule has 2 aliphatic rings. The van der Waals surface area contributed by atoms with Gasteiger partial charge in [-0.1, -0.05) is 24.8 Å². The summed E-state index contributed by atoms with van der Waals surface area (Å²) < 4.78 is 2.28. The first-order chi connectivity index (χ1) is 11.7. The number of nitrogens with zero attached hydrogens (tertiary/aromatic N) is 4. The van der Waals surface area contributed by atoms with Gasteiger partial charge in [0.1, 0.15) is 6.04 Å². The Morgan fingerprint density at radius 2 is 2.17 bits per heavy atom. The summed E-state index contributed by atoms with van der Waals surface area (Å²) in [5, 5.41) is 1.19. The number of hydrogen-bond donors (Lipinski definition) is 0. The summed E-state index contributed by atoms with van der Waals surface area (Å²) in [5.41, 5.74) is 2.41. The number of fused-ring (bicyclic) bond motifs is 1. The molecule has 4 nitrogen and oxygen atoms in total. The lowest BCUT2D eigenvalue weighted by molar-refractivity contribution is 0.255. The molecule has 0 aliphatic carbocycles. The van der Waals surface area contributed by atoms with Crippen molar-refractivity contribution >= 4 is 16.9 Å². The fraction of sp³-hybridized carbons (Fsp3) is 0.474. The van der Waals surface area contributed by atoms with Crippen molar-refractivity contribution in [1.82, 2.24) is 14.5 Å². The monoisotopic (exact) mass is 340 g/mol. The quantitative estimate of drug-likeness (QED) is 0.825. The second-order valence-electron chi connectivity index (χ2n) is 6.82. The number of aliphatic imine (C=N–C) groups is 1. The van der Waals surface area contributed by atoms with Crippen LogP contribution < -0.4 is 0 Å². The Morgan fingerprint density at radius 1 is 1.29 bits per heavy atom. The number of rotatable bonds is 4. The lowest BCUT2D eigenvalue weighted by Crippen LogP contribution is -2.35. The Kier molecular flexibility index (Phi) is 4.12. The summed E-state index contributed by atoms with van der Waals surface area (Å²) >= 11 is 1.90. The summed E-state index contributed by atoms with van der Waals surface area (Å²) in [6, 6.07) is 9.79. The van der Waals surface area contributed by atoms with Crippen LogP contribution in [0.3, 0.4) is 0 Å². The van der Waals surface area contributed by atoms with Gasteiger partial charge in [-0.2, -0.15) is 0 Å². The standard InChI is InChI=1S/C19H24N4S/c1-4-15-12-24-19-21-17(16-7-5-6-9-20-16)18(23(15)19)14-8-10-22(11-14)13(2)3/h5-11,13,15,17-18H,4,12H2,1-3H3/t15-,17-,18+/m1/s1. The molecule has 5 heteroatoms. The highest BCUT2D eigenvalue weighted by Crippen LogP contribution is 2.48. The molecule has 0 bridgehead atoms. The van der Waals surface area contributed by atoms with E-state index >= 15 is 0 Å². The smallest absolute Gasteiger partial charge is 0.160 e. The van der Waals surface area contributed by atoms with E-state index in [1.165, 1.54) is 10.7 Å². The van der Waals surface area contributed by atoms with E-state index in [9.17, 15) is 0 Å². The average Bonchev–Trinajstić information content (AvgIpc) is 3.29. The molecule has 0 amide bonds. The van der Waals surface area contributed by atoms with Gasteiger partial charge in [0, 0.05) is 36.4 Å². The minimum absolute atomic E-state index is 0.0889. The van der Waals surface area contributed by atoms with Crippen LogP contribution in [0.15, 0.2) is 47.8 Å². The summed E-state index contributed by atoms with van der Waals surface area (Å²) in [6.45, 7) is 6.72. The molecule has 2 aromatic heterocycles. The molecule has 2 aliphatic heterocycles. The zero-order chi connectivity index (χ0) is 16.7. The maximum atomic E-state index is 5.06. The van der Waals surface area contributed by atoms with E-state index in [1.807, 2.05) is 24.0 Å². The predicted octanol–water partition coefficient (Wildman–Crippen LogP) is 4.44. The van der Waals surface area contributed by atoms with Gasteiger partial charge < -0.3 is 9.47 Å². The van der Waals surface area contributed by atoms with Crippen LogP contribution in [-0.4, -0.2) is 31.4 Å². The van der Waals surface area contributed by atoms with Crippen molar-refractivity contribution in [3.63, 3.8) is 0 Å². The maximum absolute atomic E-state index is 5.06. The second kappa shape index (κ2) is 6.28. The minimum atomic E-state index is 0.0889. The fourth-order valence-corrected chi connectivity index (χ4v) is 4.97. The average molecular weight is 340 g/mol. The summed E-state index contributed by atoms with van der Waals surface area (Å²) in [6.07, 6.45) is 7.51. The molecule has 2 aromatic rings. The molecule has 1 fully saturated rings. The van der Waals surface area contributed by atoms with Gasteiger partial charge in [-0.3, -0.25) is 9.98 Å². The van der Waals surface area contributed by atoms with E-state index in [2.05, 4.69) is 65.8 Å². The first-order valence-corrected chi connectivity index (χ1v) is 9.74. The molecule has 0 saturated carbocycles. The topological polar surface area (TPSA) is 33.4 Å². The van der Waals surface area contributed by atoms with Crippen LogP contribution >= 0.6 is 11.8 Å². The minimum Gasteiger partial charge on any atom is -0.351 e. The molecule has 126 valence electrons. The summed E-state index contributed by atoms with van der Waals surface area (Å²) in [4.78, 5) is 12.2. The zero-order valence-electron chi connectivity index (χ0n) is 14.5. The van der Waals surface area contributed by atoms with Gasteiger partial charge in [0.25, 0.3) is 0 Å². The van der Waals surface area contributed by atoms with Crippen LogP contribution in [0.4, 0.5) is 0 Å². The SMILES string of the molecule is CC[C@@H]1CSC2=N[C@H](c3ccccn3)[C@H](c3ccn(C(C)C)c3)N21. The van der Waals surface area contributed by atoms with Gasteiger partial charge in [-0.15, -0.1) is 0 Å². The number of hydrogen-bond acceptors (Lipinski definition) is 4. The van der Waals surface area contributed by atoms with E-state index in [4.69, 9.17) is 4.99 Å². The molecular formula is C19H24N4S. The van der Waals surface area contributed by atoms with Gasteiger partial charge >= 0.3 is 0 Å². The zero-order valence-corrected chi connectivity index (χ0v) is 15.3. The van der Waals surface area contributed by atoms with Crippen molar-refractivity contribution in [2.45, 2.75) is 51.4 Å². The molecule has 0 radical (unpaired) electrons. The number of aromatic nitrogens is 2. The molecule has 24 heavy (non-hydrogen) atoms. The highest BCUT2D eigenvalue weighted by molar-refractivity contribution is 8.14. The van der Waals surface area contributed by atoms with Crippen LogP contribution in [0.25, 0.3) is 0 Å². The highest BCUT2D eigenvalue weighted by Gasteiger charge is 2.45. The lowest BCUT2D eigenvalue weighted by atomic mass is 9.97. The molecular weight excluding hydrogens is 316 g/mol. The third kappa shape index (κ3) is 2.55. The first kappa shape index (κ1) is 15.8. The number of amidine groups is 1. The molecule has 0 spiro atoms. The van der Waals surface area contributed by atoms with Crippen molar-refractivity contribution in [2.75, 3.05) is 5.75 Å². The molecule has 4 heterocycles. The van der Waals surface area contributed by atoms with Gasteiger partial charge in [0.15, 0.2) is 5.17 Å². The van der Waals surface area contributed by atoms with E-state index in [0.29, 0.717) is 12.1 Å². The molecule has 0 unspecified atom stereocenters. The Bertz CT molecular complexity index is 737. The molecule has 4 rings (SSSR count). The largest absolute Gasteiger partial charge is 0.351 e. The molecule has 0 N–H and O–H groups in total. The van der Waals surface area contributed by atoms with E-state index < -0.39 is 0 Å². The van der Waals surface area contributed by atoms with Gasteiger partial charge in [-0.05, 0) is 44.0 Å². The van der Waals surface area contributed by atoms with Crippen LogP contribution in [0.2, 0.25) is 0 Å². The van der Waals surface area contributed by atoms with Crippen molar-refractivity contribution in [3.8, 4) is 0 Å². The van der Waals surface area contributed by atoms with E-state index in [1.54, 1.807) is 0 Å². The van der Waals surface area contributed by atoms with Gasteiger partial charge in [-0.25, -0.2) is 0 Å². The summed E-state index contributed by atoms with van der Waals surface area (Å²) in [5.74, 6) is 1.14. The Hall–Kier alpha value is -1.75. The summed E-state index contributed by atoms with van der Waals surface area (Å²) in [7, 11) is 0. The molecule has 0 aromatic carbocycles. The third-order valence-corrected chi connectivity index (χ3v) is 6.13. The van der Waals surface area contributed by atoms with Gasteiger partial charge in [0.2, 0.25) is 0 Å². The van der Waals surface area contributed by atoms with Crippen LogP contribution in [0, 0.1) is 0 Å². The van der Waals surface area contributed by atoms with Gasteiger partial charge in [0.05, 0.1) is 11.7 Å². The van der Waals surface area contributed by atoms with Crippen molar-refractivity contribution in [1.29, 1.82) is 0 Å².